The molecule has 0 aliphatic carbocycles. The first-order valence-electron chi connectivity index (χ1n) is 25.4. The molecule has 4 fully saturated rings. The summed E-state index contributed by atoms with van der Waals surface area (Å²) in [5, 5.41) is 26.1. The third kappa shape index (κ3) is 13.5. The molecule has 0 radical (unpaired) electrons. The minimum Gasteiger partial charge on any atom is -0.368 e. The highest BCUT2D eigenvalue weighted by Gasteiger charge is 2.29. The number of halogens is 2. The van der Waals surface area contributed by atoms with E-state index < -0.39 is 19.7 Å². The molecule has 11 rings (SSSR count). The molecule has 26 heteroatoms. The minimum absolute atomic E-state index is 0.0205. The normalized spacial score (nSPS) is 18.5. The molecule has 11 heterocycles. The predicted octanol–water partition coefficient (Wildman–Crippen LogP) is 6.22. The zero-order valence-electron chi connectivity index (χ0n) is 43.0. The van der Waals surface area contributed by atoms with Gasteiger partial charge in [0.1, 0.15) is 31.1 Å². The molecule has 0 saturated carbocycles. The number of fused-ring (bicyclic) bond motifs is 3. The Bertz CT molecular complexity index is 3290. The summed E-state index contributed by atoms with van der Waals surface area (Å²) in [7, 11) is 2.67. The maximum Gasteiger partial charge on any atom is 0.230 e. The molecule has 7 aromatic heterocycles. The lowest BCUT2D eigenvalue weighted by atomic mass is 10.0. The number of aromatic nitrogens is 11. The van der Waals surface area contributed by atoms with Crippen molar-refractivity contribution in [2.75, 3.05) is 104 Å². The van der Waals surface area contributed by atoms with Crippen LogP contribution in [0.15, 0.2) is 73.6 Å². The number of nitrogens with two attached hydrogens (primary N) is 1. The second kappa shape index (κ2) is 24.0. The number of hydrogen-bond acceptors (Lipinski definition) is 21. The second-order valence-corrected chi connectivity index (χ2v) is 25.4. The molecule has 4 saturated heterocycles. The maximum atomic E-state index is 12.0. The molecule has 4 aliphatic heterocycles. The Balaban J connectivity index is 0.000000154. The fourth-order valence-corrected chi connectivity index (χ4v) is 13.4. The van der Waals surface area contributed by atoms with Crippen LogP contribution in [0.25, 0.3) is 33.1 Å². The number of pyridine rings is 2. The molecular formula is C50H64Cl2N18O4S2. The van der Waals surface area contributed by atoms with Crippen LogP contribution < -0.4 is 26.2 Å². The van der Waals surface area contributed by atoms with E-state index in [1.165, 1.54) is 12.8 Å². The zero-order chi connectivity index (χ0) is 53.6. The summed E-state index contributed by atoms with van der Waals surface area (Å²) < 4.78 is 49.3. The molecule has 404 valence electrons. The average Bonchev–Trinajstić information content (AvgIpc) is 3.76. The number of hydrogen-bond donors (Lipinski definition) is 3. The van der Waals surface area contributed by atoms with Crippen molar-refractivity contribution in [1.82, 2.24) is 64.7 Å². The van der Waals surface area contributed by atoms with Crippen LogP contribution in [0.5, 0.6) is 0 Å². The number of sulfone groups is 2. The first-order valence-corrected chi connectivity index (χ1v) is 29.8. The summed E-state index contributed by atoms with van der Waals surface area (Å²) in [6.45, 7) is 4.01. The van der Waals surface area contributed by atoms with Gasteiger partial charge < -0.3 is 40.5 Å². The van der Waals surface area contributed by atoms with Crippen LogP contribution in [0.1, 0.15) is 57.4 Å². The number of nitrogen functional groups attached to an aromatic ring is 1. The Morgan fingerprint density at radius 3 is 1.79 bits per heavy atom. The van der Waals surface area contributed by atoms with Gasteiger partial charge in [0.05, 0.1) is 39.7 Å². The van der Waals surface area contributed by atoms with Gasteiger partial charge >= 0.3 is 0 Å². The topological polar surface area (TPSA) is 265 Å². The summed E-state index contributed by atoms with van der Waals surface area (Å²) in [5.41, 5.74) is 8.84. The highest BCUT2D eigenvalue weighted by Crippen LogP contribution is 2.36. The van der Waals surface area contributed by atoms with E-state index >= 15 is 0 Å². The molecular weight excluding hydrogens is 1050 g/mol. The first kappa shape index (κ1) is 54.6. The summed E-state index contributed by atoms with van der Waals surface area (Å²) >= 11 is 11.9. The van der Waals surface area contributed by atoms with E-state index in [2.05, 4.69) is 108 Å². The summed E-state index contributed by atoms with van der Waals surface area (Å²) in [6.07, 6.45) is 16.9. The largest absolute Gasteiger partial charge is 0.368 e. The van der Waals surface area contributed by atoms with Crippen LogP contribution in [-0.4, -0.2) is 177 Å². The predicted molar refractivity (Wildman–Crippen MR) is 300 cm³/mol. The monoisotopic (exact) mass is 1110 g/mol. The molecule has 0 atom stereocenters. The van der Waals surface area contributed by atoms with E-state index in [0.717, 1.165) is 78.2 Å². The van der Waals surface area contributed by atoms with Gasteiger partial charge in [0.15, 0.2) is 22.6 Å². The fraction of sp³-hybridized carbons (Fsp3) is 0.480. The molecule has 0 bridgehead atoms. The molecule has 0 unspecified atom stereocenters. The van der Waals surface area contributed by atoms with Crippen molar-refractivity contribution >= 4 is 100.0 Å². The van der Waals surface area contributed by atoms with Gasteiger partial charge in [-0.2, -0.15) is 9.97 Å². The summed E-state index contributed by atoms with van der Waals surface area (Å²) in [5.74, 6) is 4.21. The third-order valence-corrected chi connectivity index (χ3v) is 18.5. The smallest absolute Gasteiger partial charge is 0.230 e. The van der Waals surface area contributed by atoms with E-state index in [0.29, 0.717) is 71.1 Å². The summed E-state index contributed by atoms with van der Waals surface area (Å²) in [6, 6.07) is 12.7. The van der Waals surface area contributed by atoms with E-state index in [1.54, 1.807) is 43.1 Å². The number of nitrogens with zero attached hydrogens (tertiary/aromatic N) is 15. The number of anilines is 6. The van der Waals surface area contributed by atoms with Gasteiger partial charge in [0.2, 0.25) is 11.9 Å². The molecule has 22 nitrogen and oxygen atoms in total. The van der Waals surface area contributed by atoms with Crippen LogP contribution in [0.3, 0.4) is 0 Å². The lowest BCUT2D eigenvalue weighted by molar-refractivity contribution is 0.249. The standard InChI is InChI=1S/C25H31N9O2S.C14H16ClN5O2S.C11H17ClN4/c1-32(2)17-6-11-33(12-7-17)23-4-3-22(30-31-23)28-25-27-15-20-19-5-10-26-16-21(19)34(24(20)29-25)18-8-13-37(35,36)14-9-18;15-12-8-17-4-1-10(12)11-7-18-14(16)20-13(11)19-9-2-5-23(21,22)6-3-9;1-15(2)9-5-7-16(8-6-9)11-4-3-10(12)13-14-11/h3-5,10,15-18H,6-9,11-14H2,1-2H3,(H,27,28,29,30);1,4,7-9H,2-3,5-6H2,(H3,16,18,19,20);3-4,9H,5-8H2,1-2H3. The van der Waals surface area contributed by atoms with Gasteiger partial charge in [-0.15, -0.1) is 20.4 Å². The first-order chi connectivity index (χ1) is 36.5. The van der Waals surface area contributed by atoms with Gasteiger partial charge in [-0.05, 0) is 116 Å². The molecule has 4 N–H and O–H groups in total. The maximum absolute atomic E-state index is 12.0. The average molecular weight is 1120 g/mol. The number of nitrogens with one attached hydrogen (secondary N) is 2. The van der Waals surface area contributed by atoms with E-state index in [9.17, 15) is 16.8 Å². The lowest BCUT2D eigenvalue weighted by Crippen LogP contribution is -2.42. The van der Waals surface area contributed by atoms with Crippen LogP contribution >= 0.6 is 23.2 Å². The van der Waals surface area contributed by atoms with Crippen molar-refractivity contribution in [3.63, 3.8) is 0 Å². The summed E-state index contributed by atoms with van der Waals surface area (Å²) in [4.78, 5) is 35.1. The Kier molecular flexibility index (Phi) is 17.3. The lowest BCUT2D eigenvalue weighted by Gasteiger charge is -2.35. The molecule has 0 aromatic carbocycles. The Hall–Kier alpha value is -6.18. The van der Waals surface area contributed by atoms with Crippen molar-refractivity contribution in [2.24, 2.45) is 0 Å². The Labute approximate surface area is 453 Å². The molecule has 4 aliphatic rings. The highest BCUT2D eigenvalue weighted by atomic mass is 35.5. The van der Waals surface area contributed by atoms with Crippen molar-refractivity contribution in [3.05, 3.63) is 83.8 Å². The van der Waals surface area contributed by atoms with Crippen LogP contribution in [0, 0.1) is 0 Å². The highest BCUT2D eigenvalue weighted by molar-refractivity contribution is 7.91. The van der Waals surface area contributed by atoms with Gasteiger partial charge in [-0.25, -0.2) is 26.8 Å². The van der Waals surface area contributed by atoms with Crippen molar-refractivity contribution in [1.29, 1.82) is 0 Å². The third-order valence-electron chi connectivity index (χ3n) is 14.5. The van der Waals surface area contributed by atoms with Crippen LogP contribution in [-0.2, 0) is 19.7 Å². The van der Waals surface area contributed by atoms with Crippen molar-refractivity contribution < 1.29 is 16.8 Å². The second-order valence-electron chi connectivity index (χ2n) is 20.0. The van der Waals surface area contributed by atoms with Gasteiger partial charge in [0, 0.05) is 103 Å². The molecule has 76 heavy (non-hydrogen) atoms. The fourth-order valence-electron chi connectivity index (χ4n) is 10.1. The van der Waals surface area contributed by atoms with Gasteiger partial charge in [-0.3, -0.25) is 9.97 Å². The van der Waals surface area contributed by atoms with Crippen LogP contribution in [0.2, 0.25) is 10.2 Å². The molecule has 0 amide bonds. The van der Waals surface area contributed by atoms with Crippen LogP contribution in [0.4, 0.5) is 35.2 Å². The minimum atomic E-state index is -2.98. The number of rotatable bonds is 10. The molecule has 0 spiro atoms. The van der Waals surface area contributed by atoms with Crippen molar-refractivity contribution in [2.45, 2.75) is 75.5 Å². The van der Waals surface area contributed by atoms with E-state index in [1.807, 2.05) is 30.5 Å². The molecule has 7 aromatic rings. The Morgan fingerprint density at radius 1 is 0.618 bits per heavy atom. The van der Waals surface area contributed by atoms with Gasteiger partial charge in [-0.1, -0.05) is 23.2 Å². The zero-order valence-corrected chi connectivity index (χ0v) is 46.2. The van der Waals surface area contributed by atoms with Gasteiger partial charge in [0.25, 0.3) is 0 Å². The SMILES string of the molecule is CN(C)C1CCN(c2ccc(Cl)nn2)CC1.CN(C)C1CCN(c2ccc(Nc3ncc4c5ccncc5n(C5CCS(=O)(=O)CC5)c4n3)nn2)CC1.Nc1ncc(-c2ccncc2Cl)c(NC2CCS(=O)(=O)CC2)n1. The quantitative estimate of drug-likeness (QED) is 0.137. The van der Waals surface area contributed by atoms with E-state index in [-0.39, 0.29) is 41.0 Å². The van der Waals surface area contributed by atoms with E-state index in [4.69, 9.17) is 33.9 Å². The Morgan fingerprint density at radius 2 is 1.21 bits per heavy atom. The number of piperidine rings is 2. The van der Waals surface area contributed by atoms with Crippen molar-refractivity contribution in [3.8, 4) is 11.1 Å².